The molecule has 9 heteroatoms. The number of anilines is 2. The summed E-state index contributed by atoms with van der Waals surface area (Å²) in [5.74, 6) is 0.0985. The molecule has 7 nitrogen and oxygen atoms in total. The van der Waals surface area contributed by atoms with Gasteiger partial charge in [-0.05, 0) is 18.1 Å². The van der Waals surface area contributed by atoms with Crippen molar-refractivity contribution in [2.75, 3.05) is 36.7 Å². The maximum absolute atomic E-state index is 12.5. The van der Waals surface area contributed by atoms with Crippen LogP contribution in [-0.2, 0) is 9.53 Å². The fourth-order valence-corrected chi connectivity index (χ4v) is 3.71. The first-order valence-electron chi connectivity index (χ1n) is 8.06. The van der Waals surface area contributed by atoms with Gasteiger partial charge in [0.25, 0.3) is 0 Å². The fraction of sp³-hybridized carbons (Fsp3) is 0.412. The molecule has 0 spiro atoms. The SMILES string of the molecule is COC(=O)c1ccccc1N(C)C(=O)CSc1nnc(NCC(C)C)s1. The minimum absolute atomic E-state index is 0.141. The van der Waals surface area contributed by atoms with Crippen LogP contribution in [0.5, 0.6) is 0 Å². The average molecular weight is 395 g/mol. The fourth-order valence-electron chi connectivity index (χ4n) is 2.03. The predicted molar refractivity (Wildman–Crippen MR) is 105 cm³/mol. The van der Waals surface area contributed by atoms with Gasteiger partial charge in [-0.2, -0.15) is 0 Å². The van der Waals surface area contributed by atoms with Crippen LogP contribution in [0.4, 0.5) is 10.8 Å². The summed E-state index contributed by atoms with van der Waals surface area (Å²) in [5.41, 5.74) is 0.869. The summed E-state index contributed by atoms with van der Waals surface area (Å²) in [6, 6.07) is 6.86. The monoisotopic (exact) mass is 394 g/mol. The first kappa shape index (κ1) is 20.2. The van der Waals surface area contributed by atoms with Crippen molar-refractivity contribution < 1.29 is 14.3 Å². The minimum Gasteiger partial charge on any atom is -0.465 e. The van der Waals surface area contributed by atoms with Crippen molar-refractivity contribution in [2.45, 2.75) is 18.2 Å². The van der Waals surface area contributed by atoms with E-state index in [0.717, 1.165) is 16.0 Å². The molecule has 0 aliphatic heterocycles. The lowest BCUT2D eigenvalue weighted by molar-refractivity contribution is -0.115. The van der Waals surface area contributed by atoms with E-state index in [2.05, 4.69) is 29.4 Å². The second kappa shape index (κ2) is 9.54. The lowest BCUT2D eigenvalue weighted by Gasteiger charge is -2.19. The number of amides is 1. The third-order valence-corrected chi connectivity index (χ3v) is 5.43. The van der Waals surface area contributed by atoms with Gasteiger partial charge < -0.3 is 15.0 Å². The Kier molecular flexibility index (Phi) is 7.40. The molecule has 26 heavy (non-hydrogen) atoms. The van der Waals surface area contributed by atoms with E-state index in [1.165, 1.54) is 35.1 Å². The maximum atomic E-state index is 12.5. The summed E-state index contributed by atoms with van der Waals surface area (Å²) in [6.45, 7) is 5.06. The van der Waals surface area contributed by atoms with E-state index in [1.807, 2.05) is 0 Å². The Bertz CT molecular complexity index is 764. The van der Waals surface area contributed by atoms with E-state index in [1.54, 1.807) is 31.3 Å². The lowest BCUT2D eigenvalue weighted by Crippen LogP contribution is -2.29. The van der Waals surface area contributed by atoms with Gasteiger partial charge in [-0.1, -0.05) is 49.1 Å². The number of aromatic nitrogens is 2. The number of nitrogens with zero attached hydrogens (tertiary/aromatic N) is 3. The minimum atomic E-state index is -0.474. The normalized spacial score (nSPS) is 10.7. The third kappa shape index (κ3) is 5.43. The first-order valence-corrected chi connectivity index (χ1v) is 9.86. The Hall–Kier alpha value is -2.13. The van der Waals surface area contributed by atoms with Crippen LogP contribution in [0.15, 0.2) is 28.6 Å². The van der Waals surface area contributed by atoms with Crippen molar-refractivity contribution in [2.24, 2.45) is 5.92 Å². The Balaban J connectivity index is 1.97. The van der Waals surface area contributed by atoms with Crippen LogP contribution >= 0.6 is 23.1 Å². The molecular weight excluding hydrogens is 372 g/mol. The Morgan fingerprint density at radius 3 is 2.73 bits per heavy atom. The third-order valence-electron chi connectivity index (χ3n) is 3.43. The van der Waals surface area contributed by atoms with Gasteiger partial charge in [0.15, 0.2) is 4.34 Å². The molecule has 1 N–H and O–H groups in total. The van der Waals surface area contributed by atoms with Gasteiger partial charge >= 0.3 is 5.97 Å². The van der Waals surface area contributed by atoms with Crippen molar-refractivity contribution in [1.29, 1.82) is 0 Å². The number of hydrogen-bond acceptors (Lipinski definition) is 8. The zero-order valence-corrected chi connectivity index (χ0v) is 16.8. The largest absolute Gasteiger partial charge is 0.465 e. The van der Waals surface area contributed by atoms with Crippen molar-refractivity contribution in [3.05, 3.63) is 29.8 Å². The number of ether oxygens (including phenoxy) is 1. The molecule has 0 aliphatic rings. The smallest absolute Gasteiger partial charge is 0.339 e. The van der Waals surface area contributed by atoms with E-state index in [9.17, 15) is 9.59 Å². The zero-order chi connectivity index (χ0) is 19.1. The van der Waals surface area contributed by atoms with Crippen LogP contribution < -0.4 is 10.2 Å². The molecule has 0 atom stereocenters. The van der Waals surface area contributed by atoms with E-state index >= 15 is 0 Å². The van der Waals surface area contributed by atoms with Crippen molar-refractivity contribution >= 4 is 45.8 Å². The Morgan fingerprint density at radius 1 is 1.31 bits per heavy atom. The molecule has 1 heterocycles. The van der Waals surface area contributed by atoms with Gasteiger partial charge in [0.2, 0.25) is 11.0 Å². The van der Waals surface area contributed by atoms with E-state index in [0.29, 0.717) is 17.2 Å². The summed E-state index contributed by atoms with van der Waals surface area (Å²) in [7, 11) is 2.96. The number of hydrogen-bond donors (Lipinski definition) is 1. The number of nitrogens with one attached hydrogen (secondary N) is 1. The highest BCUT2D eigenvalue weighted by molar-refractivity contribution is 8.01. The number of rotatable bonds is 8. The molecule has 0 aliphatic carbocycles. The highest BCUT2D eigenvalue weighted by Crippen LogP contribution is 2.27. The van der Waals surface area contributed by atoms with Gasteiger partial charge in [0, 0.05) is 13.6 Å². The topological polar surface area (TPSA) is 84.4 Å². The summed E-state index contributed by atoms with van der Waals surface area (Å²) in [6.07, 6.45) is 0. The summed E-state index contributed by atoms with van der Waals surface area (Å²) in [4.78, 5) is 25.8. The predicted octanol–water partition coefficient (Wildman–Crippen LogP) is 3.15. The van der Waals surface area contributed by atoms with Crippen LogP contribution in [0.25, 0.3) is 0 Å². The Morgan fingerprint density at radius 2 is 2.04 bits per heavy atom. The average Bonchev–Trinajstić information content (AvgIpc) is 3.11. The van der Waals surface area contributed by atoms with Gasteiger partial charge in [-0.3, -0.25) is 4.79 Å². The van der Waals surface area contributed by atoms with Gasteiger partial charge in [-0.15, -0.1) is 10.2 Å². The molecular formula is C17H22N4O3S2. The standard InChI is InChI=1S/C17H22N4O3S2/c1-11(2)9-18-16-19-20-17(26-16)25-10-14(22)21(3)13-8-6-5-7-12(13)15(23)24-4/h5-8,11H,9-10H2,1-4H3,(H,18,19). The van der Waals surface area contributed by atoms with Crippen LogP contribution in [-0.4, -0.2) is 48.5 Å². The van der Waals surface area contributed by atoms with Crippen molar-refractivity contribution in [1.82, 2.24) is 10.2 Å². The molecule has 0 radical (unpaired) electrons. The van der Waals surface area contributed by atoms with Crippen LogP contribution in [0.1, 0.15) is 24.2 Å². The second-order valence-electron chi connectivity index (χ2n) is 5.90. The lowest BCUT2D eigenvalue weighted by atomic mass is 10.1. The quantitative estimate of drug-likeness (QED) is 0.544. The highest BCUT2D eigenvalue weighted by Gasteiger charge is 2.19. The Labute approximate surface area is 161 Å². The van der Waals surface area contributed by atoms with E-state index < -0.39 is 5.97 Å². The molecule has 140 valence electrons. The van der Waals surface area contributed by atoms with Gasteiger partial charge in [0.05, 0.1) is 24.1 Å². The first-order chi connectivity index (χ1) is 12.4. The number of para-hydroxylation sites is 1. The summed E-state index contributed by atoms with van der Waals surface area (Å²) >= 11 is 2.74. The molecule has 1 amide bonds. The molecule has 1 aromatic heterocycles. The highest BCUT2D eigenvalue weighted by atomic mass is 32.2. The second-order valence-corrected chi connectivity index (χ2v) is 8.10. The molecule has 2 rings (SSSR count). The van der Waals surface area contributed by atoms with Crippen LogP contribution in [0.2, 0.25) is 0 Å². The molecule has 0 bridgehead atoms. The number of thioether (sulfide) groups is 1. The van der Waals surface area contributed by atoms with Crippen LogP contribution in [0.3, 0.4) is 0 Å². The van der Waals surface area contributed by atoms with Crippen LogP contribution in [0, 0.1) is 5.92 Å². The molecule has 2 aromatic rings. The molecule has 0 fully saturated rings. The zero-order valence-electron chi connectivity index (χ0n) is 15.2. The summed E-state index contributed by atoms with van der Waals surface area (Å²) in [5, 5.41) is 12.1. The molecule has 0 saturated carbocycles. The summed E-state index contributed by atoms with van der Waals surface area (Å²) < 4.78 is 5.49. The number of carbonyl (C=O) groups is 2. The van der Waals surface area contributed by atoms with E-state index in [-0.39, 0.29) is 11.7 Å². The molecule has 1 aromatic carbocycles. The number of esters is 1. The maximum Gasteiger partial charge on any atom is 0.339 e. The molecule has 0 unspecified atom stereocenters. The van der Waals surface area contributed by atoms with Gasteiger partial charge in [-0.25, -0.2) is 4.79 Å². The van der Waals surface area contributed by atoms with Crippen molar-refractivity contribution in [3.63, 3.8) is 0 Å². The van der Waals surface area contributed by atoms with Gasteiger partial charge in [0.1, 0.15) is 0 Å². The number of benzene rings is 1. The molecule has 0 saturated heterocycles. The van der Waals surface area contributed by atoms with Crippen molar-refractivity contribution in [3.8, 4) is 0 Å². The number of methoxy groups -OCH3 is 1. The number of carbonyl (C=O) groups excluding carboxylic acids is 2. The van der Waals surface area contributed by atoms with E-state index in [4.69, 9.17) is 4.74 Å².